The number of nitrogens with zero attached hydrogens (tertiary/aromatic N) is 1. The van der Waals surface area contributed by atoms with Crippen molar-refractivity contribution in [3.63, 3.8) is 0 Å². The van der Waals surface area contributed by atoms with Gasteiger partial charge in [-0.05, 0) is 30.7 Å². The predicted molar refractivity (Wildman–Crippen MR) is 65.8 cm³/mol. The van der Waals surface area contributed by atoms with E-state index in [0.29, 0.717) is 17.8 Å². The molecule has 2 N–H and O–H groups in total. The van der Waals surface area contributed by atoms with Crippen LogP contribution in [0.15, 0.2) is 41.2 Å². The molecule has 0 aliphatic carbocycles. The zero-order chi connectivity index (χ0) is 12.4. The molecule has 0 unspecified atom stereocenters. The van der Waals surface area contributed by atoms with E-state index in [1.807, 2.05) is 6.92 Å². The van der Waals surface area contributed by atoms with E-state index in [-0.39, 0.29) is 11.4 Å². The number of aryl methyl sites for hydroxylation is 1. The third-order valence-corrected chi connectivity index (χ3v) is 2.56. The summed E-state index contributed by atoms with van der Waals surface area (Å²) in [6.07, 6.45) is 0.650. The van der Waals surface area contributed by atoms with Crippen molar-refractivity contribution < 1.29 is 4.39 Å². The number of rotatable bonds is 2. The van der Waals surface area contributed by atoms with Crippen LogP contribution in [0, 0.1) is 5.82 Å². The standard InChI is InChI=1S/C13H13FN2O/c1-2-11-7-10(15)8-13(17)16(11)12-5-3-4-9(14)6-12/h3-8H,2,15H2,1H3. The smallest absolute Gasteiger partial charge is 0.257 e. The molecule has 0 aliphatic rings. The van der Waals surface area contributed by atoms with Crippen LogP contribution in [0.1, 0.15) is 12.6 Å². The molecule has 2 aromatic rings. The fraction of sp³-hybridized carbons (Fsp3) is 0.154. The number of benzene rings is 1. The maximum Gasteiger partial charge on any atom is 0.257 e. The van der Waals surface area contributed by atoms with Gasteiger partial charge in [-0.1, -0.05) is 13.0 Å². The molecule has 2 rings (SSSR count). The molecule has 17 heavy (non-hydrogen) atoms. The Morgan fingerprint density at radius 1 is 1.29 bits per heavy atom. The highest BCUT2D eigenvalue weighted by molar-refractivity contribution is 5.43. The highest BCUT2D eigenvalue weighted by Gasteiger charge is 2.07. The van der Waals surface area contributed by atoms with Crippen LogP contribution in [-0.4, -0.2) is 4.57 Å². The van der Waals surface area contributed by atoms with Crippen LogP contribution in [0.3, 0.4) is 0 Å². The molecule has 88 valence electrons. The van der Waals surface area contributed by atoms with Crippen molar-refractivity contribution in [1.29, 1.82) is 0 Å². The second kappa shape index (κ2) is 4.41. The molecule has 3 nitrogen and oxygen atoms in total. The average Bonchev–Trinajstić information content (AvgIpc) is 2.27. The molecule has 0 atom stereocenters. The van der Waals surface area contributed by atoms with Crippen LogP contribution < -0.4 is 11.3 Å². The van der Waals surface area contributed by atoms with Gasteiger partial charge in [0, 0.05) is 17.4 Å². The predicted octanol–water partition coefficient (Wildman–Crippen LogP) is 2.12. The molecule has 0 saturated carbocycles. The van der Waals surface area contributed by atoms with Gasteiger partial charge in [0.2, 0.25) is 0 Å². The van der Waals surface area contributed by atoms with Crippen LogP contribution in [0.5, 0.6) is 0 Å². The number of hydrogen-bond donors (Lipinski definition) is 1. The van der Waals surface area contributed by atoms with E-state index in [2.05, 4.69) is 0 Å². The number of halogens is 1. The van der Waals surface area contributed by atoms with Gasteiger partial charge in [0.1, 0.15) is 5.82 Å². The fourth-order valence-corrected chi connectivity index (χ4v) is 1.82. The molecule has 0 amide bonds. The first-order chi connectivity index (χ1) is 8.11. The van der Waals surface area contributed by atoms with Crippen molar-refractivity contribution >= 4 is 5.69 Å². The summed E-state index contributed by atoms with van der Waals surface area (Å²) in [7, 11) is 0. The first-order valence-corrected chi connectivity index (χ1v) is 5.39. The summed E-state index contributed by atoms with van der Waals surface area (Å²) in [4.78, 5) is 11.9. The zero-order valence-corrected chi connectivity index (χ0v) is 9.48. The van der Waals surface area contributed by atoms with Crippen LogP contribution in [-0.2, 0) is 6.42 Å². The Morgan fingerprint density at radius 2 is 2.06 bits per heavy atom. The summed E-state index contributed by atoms with van der Waals surface area (Å²) in [5.41, 5.74) is 7.10. The number of nitrogens with two attached hydrogens (primary N) is 1. The molecular formula is C13H13FN2O. The minimum atomic E-state index is -0.367. The minimum absolute atomic E-state index is 0.243. The van der Waals surface area contributed by atoms with E-state index >= 15 is 0 Å². The Bertz CT molecular complexity index is 605. The first-order valence-electron chi connectivity index (χ1n) is 5.39. The Labute approximate surface area is 98.3 Å². The second-order valence-corrected chi connectivity index (χ2v) is 3.79. The van der Waals surface area contributed by atoms with Gasteiger partial charge in [-0.25, -0.2) is 4.39 Å². The van der Waals surface area contributed by atoms with Crippen molar-refractivity contribution in [3.8, 4) is 5.69 Å². The Balaban J connectivity index is 2.70. The monoisotopic (exact) mass is 232 g/mol. The quantitative estimate of drug-likeness (QED) is 0.862. The molecule has 0 radical (unpaired) electrons. The van der Waals surface area contributed by atoms with E-state index in [1.54, 1.807) is 18.2 Å². The Kier molecular flexibility index (Phi) is 2.95. The van der Waals surface area contributed by atoms with Gasteiger partial charge in [0.25, 0.3) is 5.56 Å². The molecule has 0 saturated heterocycles. The Morgan fingerprint density at radius 3 is 2.71 bits per heavy atom. The molecule has 4 heteroatoms. The SMILES string of the molecule is CCc1cc(N)cc(=O)n1-c1cccc(F)c1. The number of hydrogen-bond acceptors (Lipinski definition) is 2. The molecule has 0 bridgehead atoms. The number of aromatic nitrogens is 1. The van der Waals surface area contributed by atoms with Crippen LogP contribution in [0.25, 0.3) is 5.69 Å². The van der Waals surface area contributed by atoms with Gasteiger partial charge >= 0.3 is 0 Å². The summed E-state index contributed by atoms with van der Waals surface area (Å²) >= 11 is 0. The Hall–Kier alpha value is -2.10. The van der Waals surface area contributed by atoms with Gasteiger partial charge in [0.15, 0.2) is 0 Å². The fourth-order valence-electron chi connectivity index (χ4n) is 1.82. The second-order valence-electron chi connectivity index (χ2n) is 3.79. The largest absolute Gasteiger partial charge is 0.399 e. The lowest BCUT2D eigenvalue weighted by Gasteiger charge is -2.12. The van der Waals surface area contributed by atoms with Crippen molar-refractivity contribution in [2.75, 3.05) is 5.73 Å². The van der Waals surface area contributed by atoms with Crippen LogP contribution >= 0.6 is 0 Å². The maximum absolute atomic E-state index is 13.2. The van der Waals surface area contributed by atoms with E-state index in [9.17, 15) is 9.18 Å². The lowest BCUT2D eigenvalue weighted by atomic mass is 10.2. The lowest BCUT2D eigenvalue weighted by molar-refractivity contribution is 0.626. The zero-order valence-electron chi connectivity index (χ0n) is 9.48. The van der Waals surface area contributed by atoms with Gasteiger partial charge in [-0.15, -0.1) is 0 Å². The highest BCUT2D eigenvalue weighted by Crippen LogP contribution is 2.13. The molecule has 0 spiro atoms. The van der Waals surface area contributed by atoms with E-state index in [4.69, 9.17) is 5.73 Å². The summed E-state index contributed by atoms with van der Waals surface area (Å²) in [6.45, 7) is 1.92. The molecule has 1 aromatic carbocycles. The molecular weight excluding hydrogens is 219 g/mol. The molecule has 1 aromatic heterocycles. The van der Waals surface area contributed by atoms with Gasteiger partial charge in [-0.2, -0.15) is 0 Å². The topological polar surface area (TPSA) is 48.0 Å². The van der Waals surface area contributed by atoms with Gasteiger partial charge < -0.3 is 5.73 Å². The number of anilines is 1. The third-order valence-electron chi connectivity index (χ3n) is 2.56. The van der Waals surface area contributed by atoms with Crippen LogP contribution in [0.2, 0.25) is 0 Å². The van der Waals surface area contributed by atoms with Crippen molar-refractivity contribution in [2.45, 2.75) is 13.3 Å². The van der Waals surface area contributed by atoms with Crippen LogP contribution in [0.4, 0.5) is 10.1 Å². The number of nitrogen functional groups attached to an aromatic ring is 1. The highest BCUT2D eigenvalue weighted by atomic mass is 19.1. The minimum Gasteiger partial charge on any atom is -0.399 e. The maximum atomic E-state index is 13.2. The van der Waals surface area contributed by atoms with Crippen molar-refractivity contribution in [2.24, 2.45) is 0 Å². The average molecular weight is 232 g/mol. The van der Waals surface area contributed by atoms with E-state index < -0.39 is 0 Å². The normalized spacial score (nSPS) is 10.5. The molecule has 0 fully saturated rings. The summed E-state index contributed by atoms with van der Waals surface area (Å²) in [6, 6.07) is 9.01. The van der Waals surface area contributed by atoms with Crippen molar-refractivity contribution in [1.82, 2.24) is 4.57 Å². The third kappa shape index (κ3) is 2.20. The number of pyridine rings is 1. The van der Waals surface area contributed by atoms with Gasteiger partial charge in [0.05, 0.1) is 5.69 Å². The van der Waals surface area contributed by atoms with Crippen molar-refractivity contribution in [3.05, 3.63) is 58.3 Å². The summed E-state index contributed by atoms with van der Waals surface area (Å²) < 4.78 is 14.6. The summed E-state index contributed by atoms with van der Waals surface area (Å²) in [5.74, 6) is -0.367. The lowest BCUT2D eigenvalue weighted by Crippen LogP contribution is -2.21. The first kappa shape index (κ1) is 11.4. The summed E-state index contributed by atoms with van der Waals surface area (Å²) in [5, 5.41) is 0. The molecule has 1 heterocycles. The van der Waals surface area contributed by atoms with Gasteiger partial charge in [-0.3, -0.25) is 9.36 Å². The molecule has 0 aliphatic heterocycles. The van der Waals surface area contributed by atoms with E-state index in [1.165, 1.54) is 22.8 Å². The van der Waals surface area contributed by atoms with E-state index in [0.717, 1.165) is 5.69 Å².